The summed E-state index contributed by atoms with van der Waals surface area (Å²) in [7, 11) is 1.88. The maximum atomic E-state index is 4.20. The van der Waals surface area contributed by atoms with Crippen LogP contribution in [-0.2, 0) is 6.54 Å². The van der Waals surface area contributed by atoms with Gasteiger partial charge >= 0.3 is 0 Å². The van der Waals surface area contributed by atoms with Crippen LogP contribution in [-0.4, -0.2) is 59.3 Å². The molecule has 1 fully saturated rings. The second kappa shape index (κ2) is 5.75. The molecule has 1 saturated heterocycles. The van der Waals surface area contributed by atoms with Crippen LogP contribution >= 0.6 is 11.3 Å². The number of likely N-dealkylation sites (N-methyl/N-ethyl adjacent to an activating group) is 1. The van der Waals surface area contributed by atoms with Crippen LogP contribution in [0.5, 0.6) is 0 Å². The van der Waals surface area contributed by atoms with Gasteiger partial charge in [0.15, 0.2) is 0 Å². The summed E-state index contributed by atoms with van der Waals surface area (Å²) in [5, 5.41) is 13.3. The Kier molecular flexibility index (Phi) is 4.31. The van der Waals surface area contributed by atoms with Gasteiger partial charge in [0.25, 0.3) is 0 Å². The third kappa shape index (κ3) is 3.14. The molecule has 1 aromatic rings. The molecule has 96 valence electrons. The maximum absolute atomic E-state index is 4.20. The molecule has 0 aromatic carbocycles. The van der Waals surface area contributed by atoms with E-state index in [-0.39, 0.29) is 0 Å². The Balaban J connectivity index is 1.88. The Bertz CT molecular complexity index is 353. The third-order valence-corrected chi connectivity index (χ3v) is 4.22. The third-order valence-electron chi connectivity index (χ3n) is 3.29. The molecule has 17 heavy (non-hydrogen) atoms. The molecular formula is C11H21N5S. The highest BCUT2D eigenvalue weighted by atomic mass is 32.1. The Morgan fingerprint density at radius 2 is 2.24 bits per heavy atom. The highest BCUT2D eigenvalue weighted by Gasteiger charge is 2.22. The van der Waals surface area contributed by atoms with E-state index in [1.807, 2.05) is 7.05 Å². The van der Waals surface area contributed by atoms with Crippen molar-refractivity contribution >= 4 is 16.5 Å². The average Bonchev–Trinajstić information content (AvgIpc) is 2.77. The minimum Gasteiger partial charge on any atom is -0.363 e. The Morgan fingerprint density at radius 3 is 2.82 bits per heavy atom. The first-order chi connectivity index (χ1) is 8.22. The van der Waals surface area contributed by atoms with Crippen LogP contribution in [0, 0.1) is 0 Å². The highest BCUT2D eigenvalue weighted by Crippen LogP contribution is 2.18. The van der Waals surface area contributed by atoms with Crippen molar-refractivity contribution in [2.24, 2.45) is 0 Å². The van der Waals surface area contributed by atoms with Gasteiger partial charge in [-0.05, 0) is 13.5 Å². The topological polar surface area (TPSA) is 44.3 Å². The van der Waals surface area contributed by atoms with E-state index >= 15 is 0 Å². The fraction of sp³-hybridized carbons (Fsp3) is 0.818. The Morgan fingerprint density at radius 1 is 1.41 bits per heavy atom. The lowest BCUT2D eigenvalue weighted by atomic mass is 10.2. The van der Waals surface area contributed by atoms with E-state index < -0.39 is 0 Å². The Hall–Kier alpha value is -0.720. The van der Waals surface area contributed by atoms with E-state index in [4.69, 9.17) is 0 Å². The molecule has 1 aliphatic rings. The van der Waals surface area contributed by atoms with Gasteiger partial charge in [0.05, 0.1) is 6.54 Å². The van der Waals surface area contributed by atoms with E-state index in [9.17, 15) is 0 Å². The molecule has 0 saturated carbocycles. The molecule has 1 atom stereocenters. The smallest absolute Gasteiger partial charge is 0.205 e. The average molecular weight is 255 g/mol. The number of hydrogen-bond acceptors (Lipinski definition) is 6. The summed E-state index contributed by atoms with van der Waals surface area (Å²) in [6.45, 7) is 10.0. The molecule has 0 aliphatic carbocycles. The molecule has 1 unspecified atom stereocenters. The summed E-state index contributed by atoms with van der Waals surface area (Å²) in [6.07, 6.45) is 0. The first-order valence-corrected chi connectivity index (χ1v) is 7.01. The normalized spacial score (nSPS) is 22.9. The number of aromatic nitrogens is 2. The predicted octanol–water partition coefficient (Wildman–Crippen LogP) is 1.11. The lowest BCUT2D eigenvalue weighted by molar-refractivity contribution is 0.0833. The van der Waals surface area contributed by atoms with Gasteiger partial charge in [0.2, 0.25) is 5.13 Å². The van der Waals surface area contributed by atoms with Crippen LogP contribution in [0.2, 0.25) is 0 Å². The summed E-state index contributed by atoms with van der Waals surface area (Å²) in [5.41, 5.74) is 0. The monoisotopic (exact) mass is 255 g/mol. The molecule has 6 heteroatoms. The number of nitrogens with one attached hydrogen (secondary N) is 1. The van der Waals surface area contributed by atoms with Crippen molar-refractivity contribution in [2.75, 3.05) is 38.5 Å². The molecule has 0 spiro atoms. The van der Waals surface area contributed by atoms with E-state index in [1.54, 1.807) is 11.3 Å². The van der Waals surface area contributed by atoms with E-state index in [0.29, 0.717) is 6.04 Å². The van der Waals surface area contributed by atoms with Crippen molar-refractivity contribution in [1.82, 2.24) is 20.0 Å². The molecule has 1 N–H and O–H groups in total. The fourth-order valence-corrected chi connectivity index (χ4v) is 3.03. The SMILES string of the molecule is CCN1CCN(Cc2nnc(NC)s2)CC1C. The highest BCUT2D eigenvalue weighted by molar-refractivity contribution is 7.15. The molecule has 1 aromatic heterocycles. The summed E-state index contributed by atoms with van der Waals surface area (Å²) < 4.78 is 0. The lowest BCUT2D eigenvalue weighted by Crippen LogP contribution is -2.51. The maximum Gasteiger partial charge on any atom is 0.205 e. The molecule has 0 amide bonds. The van der Waals surface area contributed by atoms with Crippen LogP contribution in [0.1, 0.15) is 18.9 Å². The van der Waals surface area contributed by atoms with Gasteiger partial charge in [-0.3, -0.25) is 9.80 Å². The number of rotatable bonds is 4. The summed E-state index contributed by atoms with van der Waals surface area (Å²) in [4.78, 5) is 4.99. The van der Waals surface area contributed by atoms with E-state index in [2.05, 4.69) is 39.2 Å². The molecule has 1 aliphatic heterocycles. The van der Waals surface area contributed by atoms with Crippen molar-refractivity contribution in [1.29, 1.82) is 0 Å². The number of nitrogens with zero attached hydrogens (tertiary/aromatic N) is 4. The Labute approximate surface area is 107 Å². The van der Waals surface area contributed by atoms with Gasteiger partial charge < -0.3 is 5.32 Å². The van der Waals surface area contributed by atoms with Gasteiger partial charge in [0, 0.05) is 32.7 Å². The van der Waals surface area contributed by atoms with Gasteiger partial charge in [-0.1, -0.05) is 18.3 Å². The lowest BCUT2D eigenvalue weighted by Gasteiger charge is -2.38. The van der Waals surface area contributed by atoms with Crippen LogP contribution in [0.25, 0.3) is 0 Å². The minimum atomic E-state index is 0.644. The van der Waals surface area contributed by atoms with Crippen LogP contribution < -0.4 is 5.32 Å². The number of anilines is 1. The van der Waals surface area contributed by atoms with Gasteiger partial charge in [0.1, 0.15) is 5.01 Å². The largest absolute Gasteiger partial charge is 0.363 e. The first kappa shape index (κ1) is 12.7. The second-order valence-electron chi connectivity index (χ2n) is 4.46. The molecule has 0 radical (unpaired) electrons. The quantitative estimate of drug-likeness (QED) is 0.873. The van der Waals surface area contributed by atoms with E-state index in [0.717, 1.165) is 42.9 Å². The zero-order chi connectivity index (χ0) is 12.3. The second-order valence-corrected chi connectivity index (χ2v) is 5.53. The van der Waals surface area contributed by atoms with E-state index in [1.165, 1.54) is 0 Å². The van der Waals surface area contributed by atoms with Gasteiger partial charge in [-0.15, -0.1) is 10.2 Å². The molecular weight excluding hydrogens is 234 g/mol. The zero-order valence-corrected chi connectivity index (χ0v) is 11.6. The zero-order valence-electron chi connectivity index (χ0n) is 10.8. The molecule has 0 bridgehead atoms. The summed E-state index contributed by atoms with van der Waals surface area (Å²) in [5.74, 6) is 0. The minimum absolute atomic E-state index is 0.644. The van der Waals surface area contributed by atoms with Crippen molar-refractivity contribution < 1.29 is 0 Å². The summed E-state index contributed by atoms with van der Waals surface area (Å²) >= 11 is 1.65. The number of hydrogen-bond donors (Lipinski definition) is 1. The predicted molar refractivity (Wildman–Crippen MR) is 71.4 cm³/mol. The van der Waals surface area contributed by atoms with Crippen molar-refractivity contribution in [3.05, 3.63) is 5.01 Å². The first-order valence-electron chi connectivity index (χ1n) is 6.19. The van der Waals surface area contributed by atoms with Gasteiger partial charge in [-0.2, -0.15) is 0 Å². The standard InChI is InChI=1S/C11H21N5S/c1-4-16-6-5-15(7-9(16)2)8-10-13-14-11(12-3)17-10/h9H,4-8H2,1-3H3,(H,12,14). The van der Waals surface area contributed by atoms with Crippen molar-refractivity contribution in [3.8, 4) is 0 Å². The number of piperazine rings is 1. The van der Waals surface area contributed by atoms with Gasteiger partial charge in [-0.25, -0.2) is 0 Å². The van der Waals surface area contributed by atoms with Crippen LogP contribution in [0.4, 0.5) is 5.13 Å². The molecule has 5 nitrogen and oxygen atoms in total. The fourth-order valence-electron chi connectivity index (χ4n) is 2.29. The van der Waals surface area contributed by atoms with Crippen molar-refractivity contribution in [2.45, 2.75) is 26.4 Å². The molecule has 2 rings (SSSR count). The van der Waals surface area contributed by atoms with Crippen LogP contribution in [0.3, 0.4) is 0 Å². The molecule has 2 heterocycles. The van der Waals surface area contributed by atoms with Crippen LogP contribution in [0.15, 0.2) is 0 Å². The van der Waals surface area contributed by atoms with Crippen molar-refractivity contribution in [3.63, 3.8) is 0 Å². The summed E-state index contributed by atoms with van der Waals surface area (Å²) in [6, 6.07) is 0.644.